The molecule has 1 aliphatic rings. The second-order valence-electron chi connectivity index (χ2n) is 7.45. The van der Waals surface area contributed by atoms with Crippen molar-refractivity contribution in [3.63, 3.8) is 0 Å². The van der Waals surface area contributed by atoms with Crippen LogP contribution in [0.4, 0.5) is 5.82 Å². The van der Waals surface area contributed by atoms with Gasteiger partial charge in [-0.15, -0.1) is 5.10 Å². The van der Waals surface area contributed by atoms with E-state index in [1.54, 1.807) is 12.1 Å². The smallest absolute Gasteiger partial charge is 0.267 e. The fourth-order valence-electron chi connectivity index (χ4n) is 3.50. The highest BCUT2D eigenvalue weighted by Crippen LogP contribution is 2.28. The molecule has 3 heterocycles. The number of aliphatic hydroxyl groups is 1. The van der Waals surface area contributed by atoms with Crippen molar-refractivity contribution in [1.29, 1.82) is 0 Å². The molecular weight excluding hydrogens is 354 g/mol. The van der Waals surface area contributed by atoms with Gasteiger partial charge in [0.25, 0.3) is 5.56 Å². The Balaban J connectivity index is 1.81. The number of aliphatic hydroxyl groups excluding tert-OH is 1. The predicted octanol–water partition coefficient (Wildman–Crippen LogP) is 2.64. The van der Waals surface area contributed by atoms with Gasteiger partial charge in [0.2, 0.25) is 0 Å². The van der Waals surface area contributed by atoms with Gasteiger partial charge in [0.15, 0.2) is 5.82 Å². The molecule has 4 rings (SSSR count). The van der Waals surface area contributed by atoms with E-state index in [1.165, 1.54) is 4.68 Å². The molecule has 1 saturated heterocycles. The van der Waals surface area contributed by atoms with E-state index in [-0.39, 0.29) is 17.7 Å². The van der Waals surface area contributed by atoms with Crippen molar-refractivity contribution in [2.75, 3.05) is 18.0 Å². The third-order valence-corrected chi connectivity index (χ3v) is 5.06. The predicted molar refractivity (Wildman–Crippen MR) is 109 cm³/mol. The van der Waals surface area contributed by atoms with Crippen LogP contribution in [0.2, 0.25) is 0 Å². The Morgan fingerprint density at radius 3 is 2.43 bits per heavy atom. The summed E-state index contributed by atoms with van der Waals surface area (Å²) in [5.41, 5.74) is 2.36. The third-order valence-electron chi connectivity index (χ3n) is 5.06. The number of hydrogen-bond acceptors (Lipinski definition) is 5. The first-order valence-corrected chi connectivity index (χ1v) is 9.71. The molecule has 3 aromatic rings. The topological polar surface area (TPSA) is 76.2 Å². The molecule has 0 radical (unpaired) electrons. The standard InChI is InChI=1S/C21H25N5O2/c1-15(2)25-21(28)9-8-18(22-25)19-14-20(24-12-10-17(27)11-13-24)23-26(19)16-6-4-3-5-7-16/h3-9,14-15,17,27H,10-13H2,1-2H3. The van der Waals surface area contributed by atoms with Crippen LogP contribution in [0.15, 0.2) is 53.3 Å². The molecule has 1 aromatic carbocycles. The number of piperidine rings is 1. The van der Waals surface area contributed by atoms with Gasteiger partial charge >= 0.3 is 0 Å². The second-order valence-corrected chi connectivity index (χ2v) is 7.45. The Labute approximate surface area is 163 Å². The summed E-state index contributed by atoms with van der Waals surface area (Å²) in [6, 6.07) is 15.2. The number of hydrogen-bond donors (Lipinski definition) is 1. The first-order valence-electron chi connectivity index (χ1n) is 9.71. The van der Waals surface area contributed by atoms with Gasteiger partial charge in [-0.1, -0.05) is 18.2 Å². The van der Waals surface area contributed by atoms with E-state index in [4.69, 9.17) is 5.10 Å². The SMILES string of the molecule is CC(C)n1nc(-c2cc(N3CCC(O)CC3)nn2-c2ccccc2)ccc1=O. The summed E-state index contributed by atoms with van der Waals surface area (Å²) in [7, 11) is 0. The zero-order valence-corrected chi connectivity index (χ0v) is 16.2. The summed E-state index contributed by atoms with van der Waals surface area (Å²) in [6.07, 6.45) is 1.25. The Hall–Kier alpha value is -2.93. The van der Waals surface area contributed by atoms with Crippen molar-refractivity contribution in [3.05, 3.63) is 58.9 Å². The molecule has 2 aromatic heterocycles. The van der Waals surface area contributed by atoms with Crippen LogP contribution in [0, 0.1) is 0 Å². The Bertz CT molecular complexity index is 1000. The minimum Gasteiger partial charge on any atom is -0.393 e. The van der Waals surface area contributed by atoms with Gasteiger partial charge in [0.1, 0.15) is 5.69 Å². The summed E-state index contributed by atoms with van der Waals surface area (Å²) in [5, 5.41) is 19.2. The first kappa shape index (κ1) is 18.4. The minimum atomic E-state index is -0.233. The van der Waals surface area contributed by atoms with Crippen LogP contribution in [0.25, 0.3) is 17.1 Å². The van der Waals surface area contributed by atoms with E-state index in [0.29, 0.717) is 5.69 Å². The van der Waals surface area contributed by atoms with Gasteiger partial charge < -0.3 is 10.0 Å². The second kappa shape index (κ2) is 7.59. The van der Waals surface area contributed by atoms with E-state index in [9.17, 15) is 9.90 Å². The minimum absolute atomic E-state index is 0.0244. The lowest BCUT2D eigenvalue weighted by Crippen LogP contribution is -2.36. The van der Waals surface area contributed by atoms with Crippen LogP contribution in [0.1, 0.15) is 32.7 Å². The maximum Gasteiger partial charge on any atom is 0.267 e. The van der Waals surface area contributed by atoms with Crippen LogP contribution in [-0.2, 0) is 0 Å². The summed E-state index contributed by atoms with van der Waals surface area (Å²) in [5.74, 6) is 0.856. The van der Waals surface area contributed by atoms with Crippen molar-refractivity contribution in [1.82, 2.24) is 19.6 Å². The van der Waals surface area contributed by atoms with Crippen LogP contribution < -0.4 is 10.5 Å². The highest BCUT2D eigenvalue weighted by Gasteiger charge is 2.22. The summed E-state index contributed by atoms with van der Waals surface area (Å²) in [4.78, 5) is 14.3. The molecule has 1 aliphatic heterocycles. The molecule has 146 valence electrons. The van der Waals surface area contributed by atoms with E-state index >= 15 is 0 Å². The monoisotopic (exact) mass is 379 g/mol. The molecule has 0 aliphatic carbocycles. The molecule has 0 amide bonds. The van der Waals surface area contributed by atoms with Crippen molar-refractivity contribution in [2.45, 2.75) is 38.8 Å². The van der Waals surface area contributed by atoms with Gasteiger partial charge in [0, 0.05) is 25.2 Å². The number of aromatic nitrogens is 4. The van der Waals surface area contributed by atoms with Crippen LogP contribution in [0.5, 0.6) is 0 Å². The van der Waals surface area contributed by atoms with Gasteiger partial charge in [-0.3, -0.25) is 4.79 Å². The number of para-hydroxylation sites is 1. The summed E-state index contributed by atoms with van der Waals surface area (Å²) >= 11 is 0. The van der Waals surface area contributed by atoms with Gasteiger partial charge in [-0.2, -0.15) is 5.10 Å². The quantitative estimate of drug-likeness (QED) is 0.754. The fourth-order valence-corrected chi connectivity index (χ4v) is 3.50. The highest BCUT2D eigenvalue weighted by molar-refractivity contribution is 5.63. The average molecular weight is 379 g/mol. The van der Waals surface area contributed by atoms with Gasteiger partial charge in [0.05, 0.1) is 23.5 Å². The van der Waals surface area contributed by atoms with Crippen molar-refractivity contribution >= 4 is 5.82 Å². The van der Waals surface area contributed by atoms with Crippen LogP contribution in [0.3, 0.4) is 0 Å². The molecule has 28 heavy (non-hydrogen) atoms. The zero-order chi connectivity index (χ0) is 19.7. The van der Waals surface area contributed by atoms with Crippen LogP contribution in [-0.4, -0.2) is 43.9 Å². The molecule has 7 heteroatoms. The average Bonchev–Trinajstić information content (AvgIpc) is 3.15. The maximum atomic E-state index is 12.1. The van der Waals surface area contributed by atoms with Crippen molar-refractivity contribution < 1.29 is 5.11 Å². The molecule has 0 saturated carbocycles. The van der Waals surface area contributed by atoms with E-state index < -0.39 is 0 Å². The molecule has 0 unspecified atom stereocenters. The molecular formula is C21H25N5O2. The molecule has 0 spiro atoms. The van der Waals surface area contributed by atoms with Crippen molar-refractivity contribution in [2.24, 2.45) is 0 Å². The number of nitrogens with zero attached hydrogens (tertiary/aromatic N) is 5. The molecule has 0 bridgehead atoms. The molecule has 7 nitrogen and oxygen atoms in total. The zero-order valence-electron chi connectivity index (χ0n) is 16.2. The number of rotatable bonds is 4. The maximum absolute atomic E-state index is 12.1. The number of anilines is 1. The number of benzene rings is 1. The lowest BCUT2D eigenvalue weighted by molar-refractivity contribution is 0.145. The molecule has 1 N–H and O–H groups in total. The Morgan fingerprint density at radius 2 is 1.75 bits per heavy atom. The largest absolute Gasteiger partial charge is 0.393 e. The van der Waals surface area contributed by atoms with E-state index in [1.807, 2.05) is 54.9 Å². The normalized spacial score (nSPS) is 15.4. The molecule has 1 fully saturated rings. The third kappa shape index (κ3) is 3.57. The van der Waals surface area contributed by atoms with Gasteiger partial charge in [-0.25, -0.2) is 9.36 Å². The van der Waals surface area contributed by atoms with Gasteiger partial charge in [-0.05, 0) is 44.9 Å². The lowest BCUT2D eigenvalue weighted by atomic mass is 10.1. The Morgan fingerprint density at radius 1 is 1.04 bits per heavy atom. The van der Waals surface area contributed by atoms with Crippen LogP contribution >= 0.6 is 0 Å². The lowest BCUT2D eigenvalue weighted by Gasteiger charge is -2.29. The van der Waals surface area contributed by atoms with E-state index in [0.717, 1.165) is 43.1 Å². The Kier molecular flexibility index (Phi) is 5.00. The summed E-state index contributed by atoms with van der Waals surface area (Å²) < 4.78 is 3.37. The molecule has 0 atom stereocenters. The summed E-state index contributed by atoms with van der Waals surface area (Å²) in [6.45, 7) is 5.42. The van der Waals surface area contributed by atoms with E-state index in [2.05, 4.69) is 10.00 Å². The fraction of sp³-hybridized carbons (Fsp3) is 0.381. The first-order chi connectivity index (χ1) is 13.5. The highest BCUT2D eigenvalue weighted by atomic mass is 16.3. The van der Waals surface area contributed by atoms with Crippen molar-refractivity contribution in [3.8, 4) is 17.1 Å².